The van der Waals surface area contributed by atoms with E-state index in [4.69, 9.17) is 17.0 Å². The van der Waals surface area contributed by atoms with E-state index >= 15 is 0 Å². The summed E-state index contributed by atoms with van der Waals surface area (Å²) in [6.45, 7) is 0.331. The summed E-state index contributed by atoms with van der Waals surface area (Å²) in [4.78, 5) is 16.2. The van der Waals surface area contributed by atoms with Crippen molar-refractivity contribution in [2.24, 2.45) is 0 Å². The number of carbonyl (C=O) groups is 1. The monoisotopic (exact) mass is 467 g/mol. The second-order valence-electron chi connectivity index (χ2n) is 6.71. The maximum absolute atomic E-state index is 13.0. The molecule has 1 fully saturated rings. The van der Waals surface area contributed by atoms with Crippen LogP contribution in [0.1, 0.15) is 11.1 Å². The van der Waals surface area contributed by atoms with Crippen LogP contribution in [0.25, 0.3) is 6.08 Å². The Hall–Kier alpha value is -2.61. The molecule has 1 heterocycles. The lowest BCUT2D eigenvalue weighted by Crippen LogP contribution is -2.27. The van der Waals surface area contributed by atoms with E-state index in [1.54, 1.807) is 28.8 Å². The van der Waals surface area contributed by atoms with Crippen LogP contribution >= 0.6 is 35.7 Å². The third-order valence-corrected chi connectivity index (χ3v) is 6.61. The number of thiocarbonyl (C=S) groups is 1. The molecule has 4 rings (SSSR count). The highest BCUT2D eigenvalue weighted by Gasteiger charge is 2.33. The van der Waals surface area contributed by atoms with Gasteiger partial charge in [-0.15, -0.1) is 11.8 Å². The number of hydrogen-bond donors (Lipinski definition) is 0. The molecule has 0 unspecified atom stereocenters. The summed E-state index contributed by atoms with van der Waals surface area (Å²) in [7, 11) is 0. The zero-order valence-electron chi connectivity index (χ0n) is 16.6. The van der Waals surface area contributed by atoms with E-state index in [2.05, 4.69) is 0 Å². The summed E-state index contributed by atoms with van der Waals surface area (Å²) in [5.41, 5.74) is 2.49. The second-order valence-corrected chi connectivity index (χ2v) is 9.26. The van der Waals surface area contributed by atoms with E-state index in [0.29, 0.717) is 21.6 Å². The van der Waals surface area contributed by atoms with Crippen molar-refractivity contribution < 1.29 is 13.9 Å². The van der Waals surface area contributed by atoms with Crippen molar-refractivity contribution in [1.82, 2.24) is 0 Å². The highest BCUT2D eigenvalue weighted by Crippen LogP contribution is 2.37. The van der Waals surface area contributed by atoms with Gasteiger partial charge >= 0.3 is 0 Å². The Bertz CT molecular complexity index is 1160. The number of benzene rings is 3. The Labute approximate surface area is 194 Å². The van der Waals surface area contributed by atoms with Crippen molar-refractivity contribution in [3.63, 3.8) is 0 Å². The first kappa shape index (κ1) is 21.6. The van der Waals surface area contributed by atoms with Crippen LogP contribution in [0, 0.1) is 5.82 Å². The highest BCUT2D eigenvalue weighted by atomic mass is 32.2. The second kappa shape index (κ2) is 9.68. The molecular weight excluding hydrogens is 449 g/mol. The predicted molar refractivity (Wildman–Crippen MR) is 131 cm³/mol. The van der Waals surface area contributed by atoms with Crippen LogP contribution in [0.3, 0.4) is 0 Å². The molecule has 1 aliphatic rings. The summed E-state index contributed by atoms with van der Waals surface area (Å²) in [6.07, 6.45) is 3.82. The maximum Gasteiger partial charge on any atom is 0.270 e. The Morgan fingerprint density at radius 3 is 2.65 bits per heavy atom. The van der Waals surface area contributed by atoms with Gasteiger partial charge in [0.2, 0.25) is 0 Å². The van der Waals surface area contributed by atoms with Crippen LogP contribution in [-0.2, 0) is 11.4 Å². The molecule has 3 nitrogen and oxygen atoms in total. The number of nitrogens with zero attached hydrogens (tertiary/aromatic N) is 1. The Kier molecular flexibility index (Phi) is 6.75. The smallest absolute Gasteiger partial charge is 0.270 e. The zero-order chi connectivity index (χ0) is 21.8. The van der Waals surface area contributed by atoms with Crippen molar-refractivity contribution in [1.29, 1.82) is 0 Å². The first-order valence-corrected chi connectivity index (χ1v) is 11.9. The standard InChI is InChI=1S/C24H18FNO2S3/c1-30-21-7-3-5-19(14-21)26-23(27)22(31-24(26)29)13-17-4-2-6-20(12-17)28-15-16-8-10-18(25)11-9-16/h2-14H,15H2,1H3/b22-13+. The van der Waals surface area contributed by atoms with Gasteiger partial charge < -0.3 is 4.74 Å². The molecule has 1 amide bonds. The van der Waals surface area contributed by atoms with Gasteiger partial charge in [0.15, 0.2) is 4.32 Å². The molecule has 0 radical (unpaired) electrons. The lowest BCUT2D eigenvalue weighted by molar-refractivity contribution is -0.113. The molecular formula is C24H18FNO2S3. The van der Waals surface area contributed by atoms with E-state index < -0.39 is 0 Å². The molecule has 0 N–H and O–H groups in total. The summed E-state index contributed by atoms with van der Waals surface area (Å²) in [5.74, 6) is 0.260. The van der Waals surface area contributed by atoms with Crippen molar-refractivity contribution in [3.8, 4) is 5.75 Å². The fourth-order valence-corrected chi connectivity index (χ4v) is 4.78. The lowest BCUT2D eigenvalue weighted by Gasteiger charge is -2.15. The maximum atomic E-state index is 13.0. The SMILES string of the molecule is CSc1cccc(N2C(=O)/C(=C\c3cccc(OCc4ccc(F)cc4)c3)SC2=S)c1. The average molecular weight is 468 g/mol. The number of ether oxygens (including phenoxy) is 1. The first-order valence-electron chi connectivity index (χ1n) is 9.43. The number of thioether (sulfide) groups is 2. The minimum Gasteiger partial charge on any atom is -0.489 e. The van der Waals surface area contributed by atoms with E-state index in [1.165, 1.54) is 23.9 Å². The average Bonchev–Trinajstić information content (AvgIpc) is 3.06. The van der Waals surface area contributed by atoms with Crippen LogP contribution in [0.4, 0.5) is 10.1 Å². The van der Waals surface area contributed by atoms with Crippen molar-refractivity contribution in [2.45, 2.75) is 11.5 Å². The van der Waals surface area contributed by atoms with Crippen LogP contribution in [0.15, 0.2) is 82.6 Å². The van der Waals surface area contributed by atoms with Gasteiger partial charge in [-0.25, -0.2) is 4.39 Å². The quantitative estimate of drug-likeness (QED) is 0.234. The van der Waals surface area contributed by atoms with Crippen molar-refractivity contribution >= 4 is 57.7 Å². The number of halogens is 1. The fraction of sp³-hybridized carbons (Fsp3) is 0.0833. The summed E-state index contributed by atoms with van der Waals surface area (Å²) >= 11 is 8.38. The van der Waals surface area contributed by atoms with Gasteiger partial charge in [0, 0.05) is 4.90 Å². The molecule has 0 spiro atoms. The third kappa shape index (κ3) is 5.18. The third-order valence-electron chi connectivity index (χ3n) is 4.58. The van der Waals surface area contributed by atoms with Gasteiger partial charge in [0.1, 0.15) is 18.2 Å². The fourth-order valence-electron chi connectivity index (χ4n) is 3.03. The van der Waals surface area contributed by atoms with Gasteiger partial charge in [-0.2, -0.15) is 0 Å². The van der Waals surface area contributed by atoms with Crippen molar-refractivity contribution in [2.75, 3.05) is 11.2 Å². The molecule has 31 heavy (non-hydrogen) atoms. The largest absolute Gasteiger partial charge is 0.489 e. The lowest BCUT2D eigenvalue weighted by atomic mass is 10.2. The molecule has 3 aromatic carbocycles. The molecule has 3 aromatic rings. The Morgan fingerprint density at radius 1 is 1.10 bits per heavy atom. The Morgan fingerprint density at radius 2 is 1.87 bits per heavy atom. The number of carbonyl (C=O) groups excluding carboxylic acids is 1. The van der Waals surface area contributed by atoms with Gasteiger partial charge in [-0.3, -0.25) is 9.69 Å². The molecule has 7 heteroatoms. The molecule has 1 saturated heterocycles. The molecule has 0 bridgehead atoms. The number of rotatable bonds is 6. The highest BCUT2D eigenvalue weighted by molar-refractivity contribution is 8.27. The summed E-state index contributed by atoms with van der Waals surface area (Å²) < 4.78 is 19.4. The molecule has 0 atom stereocenters. The van der Waals surface area contributed by atoms with Crippen molar-refractivity contribution in [3.05, 3.63) is 94.6 Å². The predicted octanol–water partition coefficient (Wildman–Crippen LogP) is 6.53. The number of amides is 1. The Balaban J connectivity index is 1.50. The minimum atomic E-state index is -0.275. The van der Waals surface area contributed by atoms with Crippen LogP contribution < -0.4 is 9.64 Å². The molecule has 0 saturated carbocycles. The number of anilines is 1. The van der Waals surface area contributed by atoms with Crippen LogP contribution in [-0.4, -0.2) is 16.5 Å². The molecule has 0 aliphatic carbocycles. The number of hydrogen-bond acceptors (Lipinski definition) is 5. The molecule has 1 aliphatic heterocycles. The van der Waals surface area contributed by atoms with Gasteiger partial charge in [0.05, 0.1) is 10.6 Å². The van der Waals surface area contributed by atoms with Gasteiger partial charge in [-0.05, 0) is 65.9 Å². The normalized spacial score (nSPS) is 15.0. The summed E-state index contributed by atoms with van der Waals surface area (Å²) in [5, 5.41) is 0. The first-order chi connectivity index (χ1) is 15.0. The van der Waals surface area contributed by atoms with Gasteiger partial charge in [0.25, 0.3) is 5.91 Å². The van der Waals surface area contributed by atoms with E-state index in [9.17, 15) is 9.18 Å². The molecule has 156 valence electrons. The zero-order valence-corrected chi connectivity index (χ0v) is 19.0. The minimum absolute atomic E-state index is 0.133. The van der Waals surface area contributed by atoms with E-state index in [1.807, 2.05) is 60.9 Å². The van der Waals surface area contributed by atoms with E-state index in [0.717, 1.165) is 21.7 Å². The van der Waals surface area contributed by atoms with Crippen LogP contribution in [0.2, 0.25) is 0 Å². The topological polar surface area (TPSA) is 29.5 Å². The molecule has 0 aromatic heterocycles. The van der Waals surface area contributed by atoms with Gasteiger partial charge in [-0.1, -0.05) is 54.3 Å². The van der Waals surface area contributed by atoms with Crippen LogP contribution in [0.5, 0.6) is 5.75 Å². The van der Waals surface area contributed by atoms with E-state index in [-0.39, 0.29) is 11.7 Å². The summed E-state index contributed by atoms with van der Waals surface area (Å²) in [6, 6.07) is 21.5.